The number of phenols is 1. The highest BCUT2D eigenvalue weighted by Gasteiger charge is 2.08. The molecule has 4 heteroatoms. The van der Waals surface area contributed by atoms with Gasteiger partial charge in [-0.05, 0) is 17.7 Å². The first-order chi connectivity index (χ1) is 6.69. The molecule has 1 rings (SSSR count). The lowest BCUT2D eigenvalue weighted by molar-refractivity contribution is 0.373. The fraction of sp³-hybridized carbons (Fsp3) is 0.300. The summed E-state index contributed by atoms with van der Waals surface area (Å²) in [6, 6.07) is 6.49. The fourth-order valence-electron chi connectivity index (χ4n) is 1.15. The summed E-state index contributed by atoms with van der Waals surface area (Å²) < 4.78 is 4.88. The summed E-state index contributed by atoms with van der Waals surface area (Å²) in [5, 5.41) is 17.9. The molecule has 0 saturated heterocycles. The monoisotopic (exact) mass is 192 g/mol. The molecule has 0 heterocycles. The summed E-state index contributed by atoms with van der Waals surface area (Å²) in [7, 11) is 1.48. The molecule has 1 unspecified atom stereocenters. The van der Waals surface area contributed by atoms with Crippen molar-refractivity contribution in [1.29, 1.82) is 5.26 Å². The number of benzene rings is 1. The predicted octanol–water partition coefficient (Wildman–Crippen LogP) is 1.31. The fourth-order valence-corrected chi connectivity index (χ4v) is 1.15. The molecule has 0 saturated carbocycles. The van der Waals surface area contributed by atoms with Crippen molar-refractivity contribution in [3.05, 3.63) is 23.8 Å². The maximum atomic E-state index is 9.44. The van der Waals surface area contributed by atoms with Crippen LogP contribution in [-0.2, 0) is 0 Å². The van der Waals surface area contributed by atoms with Crippen molar-refractivity contribution in [2.24, 2.45) is 5.73 Å². The first-order valence-corrected chi connectivity index (χ1v) is 4.18. The molecular formula is C10H12N2O2. The van der Waals surface area contributed by atoms with Gasteiger partial charge in [0.1, 0.15) is 0 Å². The average molecular weight is 192 g/mol. The number of methoxy groups -OCH3 is 1. The SMILES string of the molecule is COc1ccc(C(N)CC#N)cc1O. The average Bonchev–Trinajstić information content (AvgIpc) is 2.18. The van der Waals surface area contributed by atoms with Gasteiger partial charge in [-0.15, -0.1) is 0 Å². The summed E-state index contributed by atoms with van der Waals surface area (Å²) in [5.74, 6) is 0.441. The lowest BCUT2D eigenvalue weighted by Gasteiger charge is -2.10. The molecule has 4 nitrogen and oxygen atoms in total. The summed E-state index contributed by atoms with van der Waals surface area (Å²) in [4.78, 5) is 0. The third kappa shape index (κ3) is 2.15. The van der Waals surface area contributed by atoms with Gasteiger partial charge in [-0.3, -0.25) is 0 Å². The van der Waals surface area contributed by atoms with E-state index in [1.807, 2.05) is 6.07 Å². The number of nitriles is 1. The van der Waals surface area contributed by atoms with Gasteiger partial charge in [-0.25, -0.2) is 0 Å². The number of hydrogen-bond donors (Lipinski definition) is 2. The Hall–Kier alpha value is -1.73. The van der Waals surface area contributed by atoms with E-state index in [9.17, 15) is 5.11 Å². The lowest BCUT2D eigenvalue weighted by Crippen LogP contribution is -2.08. The zero-order valence-corrected chi connectivity index (χ0v) is 7.90. The maximum Gasteiger partial charge on any atom is 0.160 e. The van der Waals surface area contributed by atoms with Crippen LogP contribution in [0.2, 0.25) is 0 Å². The van der Waals surface area contributed by atoms with Crippen LogP contribution in [-0.4, -0.2) is 12.2 Å². The number of hydrogen-bond acceptors (Lipinski definition) is 4. The first kappa shape index (κ1) is 10.4. The standard InChI is InChI=1S/C10H12N2O2/c1-14-10-3-2-7(6-9(10)13)8(12)4-5-11/h2-3,6,8,13H,4,12H2,1H3. The Labute approximate surface area is 82.5 Å². The van der Waals surface area contributed by atoms with Crippen LogP contribution in [0.25, 0.3) is 0 Å². The Balaban J connectivity index is 2.92. The molecule has 1 aromatic rings. The third-order valence-corrected chi connectivity index (χ3v) is 1.94. The molecule has 0 radical (unpaired) electrons. The zero-order valence-electron chi connectivity index (χ0n) is 7.90. The van der Waals surface area contributed by atoms with Crippen LogP contribution in [0.5, 0.6) is 11.5 Å². The summed E-state index contributed by atoms with van der Waals surface area (Å²) in [5.41, 5.74) is 6.42. The minimum absolute atomic E-state index is 0.0402. The normalized spacial score (nSPS) is 11.8. The van der Waals surface area contributed by atoms with Gasteiger partial charge in [0.2, 0.25) is 0 Å². The van der Waals surface area contributed by atoms with E-state index in [-0.39, 0.29) is 18.2 Å². The van der Waals surface area contributed by atoms with E-state index in [0.717, 1.165) is 5.56 Å². The van der Waals surface area contributed by atoms with Crippen LogP contribution < -0.4 is 10.5 Å². The van der Waals surface area contributed by atoms with E-state index in [0.29, 0.717) is 5.75 Å². The highest BCUT2D eigenvalue weighted by Crippen LogP contribution is 2.28. The van der Waals surface area contributed by atoms with Crippen molar-refractivity contribution < 1.29 is 9.84 Å². The summed E-state index contributed by atoms with van der Waals surface area (Å²) in [6.07, 6.45) is 0.228. The van der Waals surface area contributed by atoms with Gasteiger partial charge in [0.15, 0.2) is 11.5 Å². The molecule has 14 heavy (non-hydrogen) atoms. The molecule has 0 bridgehead atoms. The topological polar surface area (TPSA) is 79.3 Å². The molecule has 0 fully saturated rings. The molecule has 0 spiro atoms. The number of nitrogens with two attached hydrogens (primary N) is 1. The van der Waals surface area contributed by atoms with E-state index >= 15 is 0 Å². The summed E-state index contributed by atoms with van der Waals surface area (Å²) >= 11 is 0. The van der Waals surface area contributed by atoms with Crippen molar-refractivity contribution in [2.45, 2.75) is 12.5 Å². The highest BCUT2D eigenvalue weighted by atomic mass is 16.5. The van der Waals surface area contributed by atoms with Gasteiger partial charge < -0.3 is 15.6 Å². The maximum absolute atomic E-state index is 9.44. The van der Waals surface area contributed by atoms with E-state index in [2.05, 4.69) is 0 Å². The third-order valence-electron chi connectivity index (χ3n) is 1.94. The Bertz CT molecular complexity index is 358. The van der Waals surface area contributed by atoms with Crippen molar-refractivity contribution in [3.63, 3.8) is 0 Å². The number of ether oxygens (including phenoxy) is 1. The van der Waals surface area contributed by atoms with Crippen molar-refractivity contribution >= 4 is 0 Å². The van der Waals surface area contributed by atoms with Gasteiger partial charge in [-0.2, -0.15) is 5.26 Å². The molecule has 1 atom stereocenters. The molecule has 74 valence electrons. The highest BCUT2D eigenvalue weighted by molar-refractivity contribution is 5.42. The van der Waals surface area contributed by atoms with Gasteiger partial charge in [-0.1, -0.05) is 6.07 Å². The van der Waals surface area contributed by atoms with Gasteiger partial charge in [0.05, 0.1) is 19.6 Å². The second kappa shape index (κ2) is 4.49. The molecule has 0 aliphatic rings. The van der Waals surface area contributed by atoms with E-state index in [1.54, 1.807) is 12.1 Å². The second-order valence-electron chi connectivity index (χ2n) is 2.90. The van der Waals surface area contributed by atoms with Crippen LogP contribution in [0, 0.1) is 11.3 Å². The minimum Gasteiger partial charge on any atom is -0.504 e. The molecule has 0 aliphatic heterocycles. The Kier molecular flexibility index (Phi) is 3.32. The van der Waals surface area contributed by atoms with Crippen LogP contribution in [0.15, 0.2) is 18.2 Å². The van der Waals surface area contributed by atoms with Crippen LogP contribution in [0.3, 0.4) is 0 Å². The Morgan fingerprint density at radius 3 is 2.86 bits per heavy atom. The summed E-state index contributed by atoms with van der Waals surface area (Å²) in [6.45, 7) is 0. The Morgan fingerprint density at radius 1 is 1.64 bits per heavy atom. The van der Waals surface area contributed by atoms with Crippen molar-refractivity contribution in [2.75, 3.05) is 7.11 Å². The van der Waals surface area contributed by atoms with Crippen LogP contribution in [0.4, 0.5) is 0 Å². The molecule has 0 aromatic heterocycles. The molecule has 0 amide bonds. The quantitative estimate of drug-likeness (QED) is 0.756. The molecule has 3 N–H and O–H groups in total. The largest absolute Gasteiger partial charge is 0.504 e. The molecule has 1 aromatic carbocycles. The lowest BCUT2D eigenvalue weighted by atomic mass is 10.0. The predicted molar refractivity (Wildman–Crippen MR) is 51.8 cm³/mol. The number of rotatable bonds is 3. The van der Waals surface area contributed by atoms with Gasteiger partial charge in [0, 0.05) is 6.04 Å². The molecule has 0 aliphatic carbocycles. The number of nitrogens with zero attached hydrogens (tertiary/aromatic N) is 1. The van der Waals surface area contributed by atoms with Crippen LogP contribution >= 0.6 is 0 Å². The van der Waals surface area contributed by atoms with Gasteiger partial charge >= 0.3 is 0 Å². The first-order valence-electron chi connectivity index (χ1n) is 4.18. The zero-order chi connectivity index (χ0) is 10.6. The number of aromatic hydroxyl groups is 1. The second-order valence-corrected chi connectivity index (χ2v) is 2.90. The van der Waals surface area contributed by atoms with E-state index in [4.69, 9.17) is 15.7 Å². The number of phenolic OH excluding ortho intramolecular Hbond substituents is 1. The smallest absolute Gasteiger partial charge is 0.160 e. The van der Waals surface area contributed by atoms with E-state index in [1.165, 1.54) is 13.2 Å². The van der Waals surface area contributed by atoms with Crippen molar-refractivity contribution in [3.8, 4) is 17.6 Å². The van der Waals surface area contributed by atoms with Crippen molar-refractivity contribution in [1.82, 2.24) is 0 Å². The molecular weight excluding hydrogens is 180 g/mol. The van der Waals surface area contributed by atoms with Crippen LogP contribution in [0.1, 0.15) is 18.0 Å². The van der Waals surface area contributed by atoms with Gasteiger partial charge in [0.25, 0.3) is 0 Å². The minimum atomic E-state index is -0.364. The van der Waals surface area contributed by atoms with E-state index < -0.39 is 0 Å². The Morgan fingerprint density at radius 2 is 2.36 bits per heavy atom.